The van der Waals surface area contributed by atoms with Crippen LogP contribution in [0.5, 0.6) is 0 Å². The SMILES string of the molecule is Cc1ccccc1C(CF)NC(=O)c1nc[nH]c1C(F)(F)F. The molecular formula is C14H13F4N3O. The van der Waals surface area contributed by atoms with Crippen molar-refractivity contribution in [1.82, 2.24) is 15.3 Å². The average Bonchev–Trinajstić information content (AvgIpc) is 2.95. The number of carbonyl (C=O) groups excluding carboxylic acids is 1. The zero-order chi connectivity index (χ0) is 16.3. The van der Waals surface area contributed by atoms with Crippen LogP contribution in [0.15, 0.2) is 30.6 Å². The molecule has 2 aromatic rings. The summed E-state index contributed by atoms with van der Waals surface area (Å²) in [4.78, 5) is 17.2. The number of aromatic amines is 1. The molecule has 2 rings (SSSR count). The first-order chi connectivity index (χ1) is 10.3. The minimum atomic E-state index is -4.74. The van der Waals surface area contributed by atoms with E-state index in [2.05, 4.69) is 10.3 Å². The Morgan fingerprint density at radius 3 is 2.64 bits per heavy atom. The first-order valence-electron chi connectivity index (χ1n) is 6.37. The second-order valence-corrected chi connectivity index (χ2v) is 4.66. The normalized spacial score (nSPS) is 13.0. The van der Waals surface area contributed by atoms with Crippen molar-refractivity contribution >= 4 is 5.91 Å². The lowest BCUT2D eigenvalue weighted by molar-refractivity contribution is -0.141. The monoisotopic (exact) mass is 315 g/mol. The summed E-state index contributed by atoms with van der Waals surface area (Å²) in [6.07, 6.45) is -3.97. The fourth-order valence-electron chi connectivity index (χ4n) is 2.09. The minimum absolute atomic E-state index is 0.502. The number of halogens is 4. The number of aromatic nitrogens is 2. The molecule has 1 atom stereocenters. The van der Waals surface area contributed by atoms with Gasteiger partial charge in [0.05, 0.1) is 12.4 Å². The highest BCUT2D eigenvalue weighted by Crippen LogP contribution is 2.30. The summed E-state index contributed by atoms with van der Waals surface area (Å²) in [5.74, 6) is -1.08. The Morgan fingerprint density at radius 1 is 1.36 bits per heavy atom. The molecule has 0 saturated heterocycles. The number of nitrogens with zero attached hydrogens (tertiary/aromatic N) is 1. The van der Waals surface area contributed by atoms with Crippen LogP contribution in [0, 0.1) is 6.92 Å². The van der Waals surface area contributed by atoms with Gasteiger partial charge in [-0.1, -0.05) is 24.3 Å². The molecule has 8 heteroatoms. The van der Waals surface area contributed by atoms with Crippen LogP contribution < -0.4 is 5.32 Å². The number of carbonyl (C=O) groups is 1. The molecule has 0 fully saturated rings. The topological polar surface area (TPSA) is 57.8 Å². The van der Waals surface area contributed by atoms with Crippen molar-refractivity contribution in [2.24, 2.45) is 0 Å². The van der Waals surface area contributed by atoms with E-state index in [9.17, 15) is 22.4 Å². The van der Waals surface area contributed by atoms with Gasteiger partial charge in [-0.2, -0.15) is 13.2 Å². The van der Waals surface area contributed by atoms with E-state index in [1.807, 2.05) is 4.98 Å². The third-order valence-electron chi connectivity index (χ3n) is 3.16. The van der Waals surface area contributed by atoms with Gasteiger partial charge in [0.15, 0.2) is 11.4 Å². The second-order valence-electron chi connectivity index (χ2n) is 4.66. The van der Waals surface area contributed by atoms with Crippen molar-refractivity contribution in [1.29, 1.82) is 0 Å². The maximum absolute atomic E-state index is 13.2. The number of amides is 1. The molecule has 1 amide bonds. The molecule has 22 heavy (non-hydrogen) atoms. The van der Waals surface area contributed by atoms with Gasteiger partial charge in [-0.15, -0.1) is 0 Å². The molecule has 1 unspecified atom stereocenters. The zero-order valence-corrected chi connectivity index (χ0v) is 11.5. The molecule has 2 N–H and O–H groups in total. The number of rotatable bonds is 4. The summed E-state index contributed by atoms with van der Waals surface area (Å²) < 4.78 is 51.4. The lowest BCUT2D eigenvalue weighted by Gasteiger charge is -2.18. The third-order valence-corrected chi connectivity index (χ3v) is 3.16. The zero-order valence-electron chi connectivity index (χ0n) is 11.5. The predicted molar refractivity (Wildman–Crippen MR) is 71.0 cm³/mol. The van der Waals surface area contributed by atoms with Crippen LogP contribution in [0.25, 0.3) is 0 Å². The van der Waals surface area contributed by atoms with Gasteiger partial charge in [0.1, 0.15) is 6.67 Å². The van der Waals surface area contributed by atoms with E-state index >= 15 is 0 Å². The van der Waals surface area contributed by atoms with E-state index in [4.69, 9.17) is 0 Å². The molecule has 4 nitrogen and oxygen atoms in total. The molecule has 0 saturated carbocycles. The highest BCUT2D eigenvalue weighted by atomic mass is 19.4. The lowest BCUT2D eigenvalue weighted by atomic mass is 10.0. The molecule has 0 aliphatic rings. The summed E-state index contributed by atoms with van der Waals surface area (Å²) >= 11 is 0. The van der Waals surface area contributed by atoms with Gasteiger partial charge in [0, 0.05) is 0 Å². The van der Waals surface area contributed by atoms with Crippen LogP contribution in [0.4, 0.5) is 17.6 Å². The first kappa shape index (κ1) is 16.0. The van der Waals surface area contributed by atoms with Crippen LogP contribution in [0.2, 0.25) is 0 Å². The highest BCUT2D eigenvalue weighted by molar-refractivity contribution is 5.93. The maximum Gasteiger partial charge on any atom is 0.433 e. The number of imidazole rings is 1. The van der Waals surface area contributed by atoms with E-state index in [-0.39, 0.29) is 0 Å². The Hall–Kier alpha value is -2.38. The quantitative estimate of drug-likeness (QED) is 0.851. The van der Waals surface area contributed by atoms with Crippen LogP contribution in [-0.2, 0) is 6.18 Å². The van der Waals surface area contributed by atoms with Crippen molar-refractivity contribution in [2.75, 3.05) is 6.67 Å². The molecule has 0 radical (unpaired) electrons. The molecule has 118 valence electrons. The summed E-state index contributed by atoms with van der Waals surface area (Å²) in [7, 11) is 0. The van der Waals surface area contributed by atoms with Crippen LogP contribution in [0.3, 0.4) is 0 Å². The Bertz CT molecular complexity index is 666. The fourth-order valence-corrected chi connectivity index (χ4v) is 2.09. The summed E-state index contributed by atoms with van der Waals surface area (Å²) in [5.41, 5.74) is -0.835. The number of hydrogen-bond donors (Lipinski definition) is 2. The van der Waals surface area contributed by atoms with Gasteiger partial charge in [-0.3, -0.25) is 4.79 Å². The summed E-state index contributed by atoms with van der Waals surface area (Å²) in [6, 6.07) is 5.69. The number of aryl methyl sites for hydroxylation is 1. The fraction of sp³-hybridized carbons (Fsp3) is 0.286. The second kappa shape index (κ2) is 6.17. The van der Waals surface area contributed by atoms with Crippen molar-refractivity contribution in [3.05, 3.63) is 53.1 Å². The van der Waals surface area contributed by atoms with Crippen molar-refractivity contribution in [3.8, 4) is 0 Å². The number of nitrogens with one attached hydrogen (secondary N) is 2. The number of H-pyrrole nitrogens is 1. The van der Waals surface area contributed by atoms with Gasteiger partial charge < -0.3 is 10.3 Å². The van der Waals surface area contributed by atoms with E-state index < -0.39 is 36.2 Å². The van der Waals surface area contributed by atoms with E-state index in [1.165, 1.54) is 0 Å². The van der Waals surface area contributed by atoms with Crippen LogP contribution in [-0.4, -0.2) is 22.5 Å². The Balaban J connectivity index is 2.24. The molecule has 0 aliphatic carbocycles. The highest BCUT2D eigenvalue weighted by Gasteiger charge is 2.38. The number of hydrogen-bond acceptors (Lipinski definition) is 2. The molecule has 0 bridgehead atoms. The third kappa shape index (κ3) is 3.26. The lowest BCUT2D eigenvalue weighted by Crippen LogP contribution is -2.32. The molecule has 0 spiro atoms. The predicted octanol–water partition coefficient (Wildman–Crippen LogP) is 3.18. The standard InChI is InChI=1S/C14H13F4N3O/c1-8-4-2-3-5-9(8)10(6-15)21-13(22)11-12(14(16,17)18)20-7-19-11/h2-5,7,10H,6H2,1H3,(H,19,20)(H,21,22). The van der Waals surface area contributed by atoms with Gasteiger partial charge in [-0.25, -0.2) is 9.37 Å². The van der Waals surface area contributed by atoms with Gasteiger partial charge >= 0.3 is 6.18 Å². The Labute approximate surface area is 123 Å². The van der Waals surface area contributed by atoms with E-state index in [1.54, 1.807) is 31.2 Å². The molecule has 1 aromatic carbocycles. The number of alkyl halides is 4. The molecule has 1 aromatic heterocycles. The van der Waals surface area contributed by atoms with Crippen LogP contribution >= 0.6 is 0 Å². The van der Waals surface area contributed by atoms with E-state index in [0.717, 1.165) is 11.9 Å². The summed E-state index contributed by atoms with van der Waals surface area (Å²) in [6.45, 7) is 0.780. The minimum Gasteiger partial charge on any atom is -0.341 e. The largest absolute Gasteiger partial charge is 0.433 e. The smallest absolute Gasteiger partial charge is 0.341 e. The molecule has 1 heterocycles. The Kier molecular flexibility index (Phi) is 4.48. The Morgan fingerprint density at radius 2 is 2.05 bits per heavy atom. The first-order valence-corrected chi connectivity index (χ1v) is 6.37. The van der Waals surface area contributed by atoms with E-state index in [0.29, 0.717) is 5.56 Å². The van der Waals surface area contributed by atoms with Gasteiger partial charge in [0.2, 0.25) is 0 Å². The maximum atomic E-state index is 13.2. The van der Waals surface area contributed by atoms with Crippen molar-refractivity contribution < 1.29 is 22.4 Å². The van der Waals surface area contributed by atoms with Crippen molar-refractivity contribution in [3.63, 3.8) is 0 Å². The summed E-state index contributed by atoms with van der Waals surface area (Å²) in [5, 5.41) is 2.24. The average molecular weight is 315 g/mol. The van der Waals surface area contributed by atoms with Gasteiger partial charge in [0.25, 0.3) is 5.91 Å². The van der Waals surface area contributed by atoms with Crippen LogP contribution in [0.1, 0.15) is 33.4 Å². The van der Waals surface area contributed by atoms with Crippen molar-refractivity contribution in [2.45, 2.75) is 19.1 Å². The molecule has 0 aliphatic heterocycles. The molecular weight excluding hydrogens is 302 g/mol. The number of benzene rings is 1. The van der Waals surface area contributed by atoms with Gasteiger partial charge in [-0.05, 0) is 18.1 Å².